The minimum absolute atomic E-state index is 0.00425. The predicted octanol–water partition coefficient (Wildman–Crippen LogP) is 4.01. The first kappa shape index (κ1) is 23.9. The number of nitro groups is 1. The van der Waals surface area contributed by atoms with E-state index in [1.54, 1.807) is 38.1 Å². The second-order valence-corrected chi connectivity index (χ2v) is 7.67. The zero-order chi connectivity index (χ0) is 24.1. The van der Waals surface area contributed by atoms with E-state index in [1.165, 1.54) is 24.3 Å². The summed E-state index contributed by atoms with van der Waals surface area (Å²) in [6, 6.07) is 10.0. The SMILES string of the molecule is CCOC(=O)C1=C(C(=O)OCC)N(c2ccc(Br)cc2)C(=O)N[C@H]1c1cccc([N+](=O)[O-])c1. The molecule has 0 aliphatic carbocycles. The molecular weight excluding hydrogens is 498 g/mol. The zero-order valence-electron chi connectivity index (χ0n) is 17.7. The first-order chi connectivity index (χ1) is 15.8. The third-order valence-electron chi connectivity index (χ3n) is 4.70. The van der Waals surface area contributed by atoms with Gasteiger partial charge in [0.25, 0.3) is 5.69 Å². The van der Waals surface area contributed by atoms with Gasteiger partial charge in [0.1, 0.15) is 5.70 Å². The zero-order valence-corrected chi connectivity index (χ0v) is 19.3. The summed E-state index contributed by atoms with van der Waals surface area (Å²) in [5, 5.41) is 13.9. The van der Waals surface area contributed by atoms with Crippen LogP contribution < -0.4 is 10.2 Å². The predicted molar refractivity (Wildman–Crippen MR) is 121 cm³/mol. The Hall–Kier alpha value is -3.73. The van der Waals surface area contributed by atoms with Crippen molar-refractivity contribution in [2.24, 2.45) is 0 Å². The molecule has 2 aromatic carbocycles. The molecule has 0 unspecified atom stereocenters. The van der Waals surface area contributed by atoms with Gasteiger partial charge in [-0.15, -0.1) is 0 Å². The second kappa shape index (κ2) is 10.3. The average Bonchev–Trinajstić information content (AvgIpc) is 2.79. The van der Waals surface area contributed by atoms with E-state index in [0.717, 1.165) is 9.37 Å². The summed E-state index contributed by atoms with van der Waals surface area (Å²) < 4.78 is 11.1. The number of non-ortho nitro benzene ring substituents is 1. The van der Waals surface area contributed by atoms with Crippen molar-refractivity contribution >= 4 is 45.3 Å². The molecule has 0 bridgehead atoms. The van der Waals surface area contributed by atoms with Crippen molar-refractivity contribution in [1.29, 1.82) is 0 Å². The van der Waals surface area contributed by atoms with Gasteiger partial charge in [0.05, 0.1) is 35.4 Å². The lowest BCUT2D eigenvalue weighted by atomic mass is 9.93. The van der Waals surface area contributed by atoms with E-state index in [0.29, 0.717) is 5.69 Å². The third-order valence-corrected chi connectivity index (χ3v) is 5.23. The first-order valence-corrected chi connectivity index (χ1v) is 10.8. The van der Waals surface area contributed by atoms with Crippen LogP contribution >= 0.6 is 15.9 Å². The maximum absolute atomic E-state index is 13.2. The number of esters is 2. The molecule has 0 aromatic heterocycles. The number of benzene rings is 2. The molecule has 2 amide bonds. The Labute approximate surface area is 197 Å². The standard InChI is InChI=1S/C22H20BrN3O7/c1-3-32-20(27)17-18(13-6-5-7-16(12-13)26(30)31)24-22(29)25(19(17)21(28)33-4-2)15-10-8-14(23)9-11-15/h5-12,18H,3-4H2,1-2H3,(H,24,29)/t18-/m0/s1. The monoisotopic (exact) mass is 517 g/mol. The van der Waals surface area contributed by atoms with Crippen molar-refractivity contribution in [1.82, 2.24) is 5.32 Å². The lowest BCUT2D eigenvalue weighted by Crippen LogP contribution is -2.51. The normalized spacial score (nSPS) is 15.7. The number of ether oxygens (including phenoxy) is 2. The molecule has 0 spiro atoms. The summed E-state index contributed by atoms with van der Waals surface area (Å²) in [6.07, 6.45) is 0. The minimum atomic E-state index is -1.18. The molecule has 1 aliphatic heterocycles. The number of amides is 2. The van der Waals surface area contributed by atoms with E-state index in [4.69, 9.17) is 9.47 Å². The highest BCUT2D eigenvalue weighted by atomic mass is 79.9. The Morgan fingerprint density at radius 1 is 1.09 bits per heavy atom. The van der Waals surface area contributed by atoms with Crippen molar-refractivity contribution < 1.29 is 28.8 Å². The highest BCUT2D eigenvalue weighted by Gasteiger charge is 2.43. The largest absolute Gasteiger partial charge is 0.463 e. The maximum Gasteiger partial charge on any atom is 0.356 e. The van der Waals surface area contributed by atoms with Crippen LogP contribution in [-0.4, -0.2) is 36.1 Å². The number of nitrogens with zero attached hydrogens (tertiary/aromatic N) is 2. The third kappa shape index (κ3) is 5.03. The lowest BCUT2D eigenvalue weighted by Gasteiger charge is -2.35. The summed E-state index contributed by atoms with van der Waals surface area (Å²) in [7, 11) is 0. The van der Waals surface area contributed by atoms with Crippen LogP contribution in [0.3, 0.4) is 0 Å². The Morgan fingerprint density at radius 3 is 2.33 bits per heavy atom. The highest BCUT2D eigenvalue weighted by molar-refractivity contribution is 9.10. The van der Waals surface area contributed by atoms with E-state index in [9.17, 15) is 24.5 Å². The molecular formula is C22H20BrN3O7. The molecule has 0 saturated carbocycles. The molecule has 0 saturated heterocycles. The van der Waals surface area contributed by atoms with Crippen LogP contribution in [-0.2, 0) is 19.1 Å². The van der Waals surface area contributed by atoms with Crippen LogP contribution in [0.5, 0.6) is 0 Å². The van der Waals surface area contributed by atoms with Gasteiger partial charge in [0.15, 0.2) is 0 Å². The molecule has 172 valence electrons. The van der Waals surface area contributed by atoms with Crippen LogP contribution in [0.1, 0.15) is 25.5 Å². The fourth-order valence-electron chi connectivity index (χ4n) is 3.35. The number of urea groups is 1. The van der Waals surface area contributed by atoms with Crippen LogP contribution in [0.25, 0.3) is 0 Å². The van der Waals surface area contributed by atoms with Gasteiger partial charge in [-0.3, -0.25) is 15.0 Å². The number of carbonyl (C=O) groups excluding carboxylic acids is 3. The molecule has 1 atom stereocenters. The van der Waals surface area contributed by atoms with Gasteiger partial charge in [0, 0.05) is 16.6 Å². The molecule has 3 rings (SSSR count). The van der Waals surface area contributed by atoms with Gasteiger partial charge < -0.3 is 14.8 Å². The van der Waals surface area contributed by atoms with E-state index in [2.05, 4.69) is 21.2 Å². The molecule has 33 heavy (non-hydrogen) atoms. The summed E-state index contributed by atoms with van der Waals surface area (Å²) >= 11 is 3.32. The molecule has 1 N–H and O–H groups in total. The number of halogens is 1. The number of nitro benzene ring substituents is 1. The highest BCUT2D eigenvalue weighted by Crippen LogP contribution is 2.36. The van der Waals surface area contributed by atoms with Crippen LogP contribution in [0.15, 0.2) is 64.3 Å². The lowest BCUT2D eigenvalue weighted by molar-refractivity contribution is -0.384. The molecule has 1 aliphatic rings. The fraction of sp³-hybridized carbons (Fsp3) is 0.227. The van der Waals surface area contributed by atoms with Gasteiger partial charge in [-0.2, -0.15) is 0 Å². The number of anilines is 1. The Kier molecular flexibility index (Phi) is 7.44. The van der Waals surface area contributed by atoms with Gasteiger partial charge in [0.2, 0.25) is 0 Å². The molecule has 1 heterocycles. The fourth-order valence-corrected chi connectivity index (χ4v) is 3.61. The van der Waals surface area contributed by atoms with Gasteiger partial charge in [-0.05, 0) is 43.7 Å². The average molecular weight is 518 g/mol. The Morgan fingerprint density at radius 2 is 1.73 bits per heavy atom. The molecule has 2 aromatic rings. The molecule has 11 heteroatoms. The van der Waals surface area contributed by atoms with Gasteiger partial charge in [-0.25, -0.2) is 14.4 Å². The van der Waals surface area contributed by atoms with Crippen molar-refractivity contribution in [3.63, 3.8) is 0 Å². The number of nitrogens with one attached hydrogen (secondary N) is 1. The van der Waals surface area contributed by atoms with Crippen LogP contribution in [0.4, 0.5) is 16.2 Å². The van der Waals surface area contributed by atoms with E-state index < -0.39 is 28.9 Å². The van der Waals surface area contributed by atoms with Crippen molar-refractivity contribution in [3.8, 4) is 0 Å². The molecule has 10 nitrogen and oxygen atoms in total. The van der Waals surface area contributed by atoms with Gasteiger partial charge in [-0.1, -0.05) is 28.1 Å². The van der Waals surface area contributed by atoms with Crippen molar-refractivity contribution in [2.45, 2.75) is 19.9 Å². The number of rotatable bonds is 7. The quantitative estimate of drug-likeness (QED) is 0.333. The summed E-state index contributed by atoms with van der Waals surface area (Å²) in [6.45, 7) is 3.19. The smallest absolute Gasteiger partial charge is 0.356 e. The maximum atomic E-state index is 13.2. The Bertz CT molecular complexity index is 1130. The minimum Gasteiger partial charge on any atom is -0.463 e. The number of hydrogen-bond acceptors (Lipinski definition) is 7. The van der Waals surface area contributed by atoms with E-state index in [-0.39, 0.29) is 35.7 Å². The van der Waals surface area contributed by atoms with Crippen molar-refractivity contribution in [2.75, 3.05) is 18.1 Å². The first-order valence-electron chi connectivity index (χ1n) is 9.97. The second-order valence-electron chi connectivity index (χ2n) is 6.75. The Balaban J connectivity index is 2.28. The topological polar surface area (TPSA) is 128 Å². The van der Waals surface area contributed by atoms with E-state index >= 15 is 0 Å². The van der Waals surface area contributed by atoms with Crippen molar-refractivity contribution in [3.05, 3.63) is 80.0 Å². The van der Waals surface area contributed by atoms with Gasteiger partial charge >= 0.3 is 18.0 Å². The summed E-state index contributed by atoms with van der Waals surface area (Å²) in [5.74, 6) is -1.77. The van der Waals surface area contributed by atoms with E-state index in [1.807, 2.05) is 0 Å². The summed E-state index contributed by atoms with van der Waals surface area (Å²) in [5.41, 5.74) is -0.218. The number of carbonyl (C=O) groups is 3. The number of hydrogen-bond donors (Lipinski definition) is 1. The van der Waals surface area contributed by atoms with Crippen LogP contribution in [0.2, 0.25) is 0 Å². The molecule has 0 radical (unpaired) electrons. The molecule has 0 fully saturated rings. The summed E-state index contributed by atoms with van der Waals surface area (Å²) in [4.78, 5) is 51.0. The van der Waals surface area contributed by atoms with Crippen LogP contribution in [0, 0.1) is 10.1 Å².